The number of rotatable bonds is 6. The molecule has 0 saturated carbocycles. The zero-order chi connectivity index (χ0) is 10.4. The van der Waals surface area contributed by atoms with Gasteiger partial charge in [0.25, 0.3) is 5.22 Å². The van der Waals surface area contributed by atoms with Crippen LogP contribution in [0.15, 0.2) is 9.64 Å². The Morgan fingerprint density at radius 3 is 2.79 bits per heavy atom. The van der Waals surface area contributed by atoms with Crippen LogP contribution in [0.3, 0.4) is 0 Å². The Morgan fingerprint density at radius 2 is 2.21 bits per heavy atom. The van der Waals surface area contributed by atoms with E-state index in [2.05, 4.69) is 10.2 Å². The molecule has 1 aromatic heterocycles. The molecule has 80 valence electrons. The van der Waals surface area contributed by atoms with E-state index in [1.165, 1.54) is 0 Å². The summed E-state index contributed by atoms with van der Waals surface area (Å²) in [5, 5.41) is 8.33. The molecule has 14 heavy (non-hydrogen) atoms. The average molecular weight is 215 g/mol. The summed E-state index contributed by atoms with van der Waals surface area (Å²) >= 11 is 1.61. The van der Waals surface area contributed by atoms with Crippen LogP contribution in [0.2, 0.25) is 0 Å². The number of nitrogens with two attached hydrogens (primary N) is 1. The summed E-state index contributed by atoms with van der Waals surface area (Å²) in [5.41, 5.74) is 5.64. The summed E-state index contributed by atoms with van der Waals surface area (Å²) in [6.45, 7) is 3.83. The van der Waals surface area contributed by atoms with Gasteiger partial charge in [-0.05, 0) is 19.8 Å². The van der Waals surface area contributed by atoms with Crippen molar-refractivity contribution in [3.8, 4) is 0 Å². The van der Waals surface area contributed by atoms with Crippen LogP contribution in [0.4, 0.5) is 0 Å². The monoisotopic (exact) mass is 215 g/mol. The van der Waals surface area contributed by atoms with Gasteiger partial charge in [0.2, 0.25) is 5.89 Å². The second-order valence-corrected chi connectivity index (χ2v) is 4.45. The van der Waals surface area contributed by atoms with Gasteiger partial charge in [0.1, 0.15) is 0 Å². The molecule has 0 aliphatic heterocycles. The lowest BCUT2D eigenvalue weighted by molar-refractivity contribution is 0.429. The van der Waals surface area contributed by atoms with Crippen molar-refractivity contribution >= 4 is 11.8 Å². The summed E-state index contributed by atoms with van der Waals surface area (Å²) in [6.07, 6.45) is 3.40. The summed E-state index contributed by atoms with van der Waals surface area (Å²) < 4.78 is 5.23. The first-order chi connectivity index (χ1) is 6.68. The van der Waals surface area contributed by atoms with Gasteiger partial charge in [-0.1, -0.05) is 18.2 Å². The standard InChI is InChI=1S/C9H17N3OS/c1-7(10)5-3-4-6-14-9-12-11-8(2)13-9/h7H,3-6,10H2,1-2H3. The average Bonchev–Trinajstić information content (AvgIpc) is 2.50. The highest BCUT2D eigenvalue weighted by Gasteiger charge is 2.02. The van der Waals surface area contributed by atoms with Crippen LogP contribution < -0.4 is 5.73 Å². The van der Waals surface area contributed by atoms with Crippen molar-refractivity contribution in [2.24, 2.45) is 5.73 Å². The molecule has 2 N–H and O–H groups in total. The highest BCUT2D eigenvalue weighted by Crippen LogP contribution is 2.17. The number of unbranched alkanes of at least 4 members (excludes halogenated alkanes) is 1. The fraction of sp³-hybridized carbons (Fsp3) is 0.778. The largest absolute Gasteiger partial charge is 0.416 e. The molecule has 0 amide bonds. The van der Waals surface area contributed by atoms with Crippen molar-refractivity contribution < 1.29 is 4.42 Å². The van der Waals surface area contributed by atoms with Gasteiger partial charge in [-0.25, -0.2) is 0 Å². The Kier molecular flexibility index (Phi) is 4.97. The third-order valence-corrected chi connectivity index (χ3v) is 2.69. The predicted molar refractivity (Wildman–Crippen MR) is 57.3 cm³/mol. The van der Waals surface area contributed by atoms with E-state index in [1.54, 1.807) is 18.7 Å². The molecule has 0 bridgehead atoms. The zero-order valence-electron chi connectivity index (χ0n) is 8.69. The molecule has 0 aliphatic carbocycles. The second kappa shape index (κ2) is 6.03. The minimum atomic E-state index is 0.311. The highest BCUT2D eigenvalue weighted by atomic mass is 32.2. The summed E-state index contributed by atoms with van der Waals surface area (Å²) in [4.78, 5) is 0. The molecule has 1 rings (SSSR count). The maximum atomic E-state index is 5.64. The fourth-order valence-corrected chi connectivity index (χ4v) is 1.87. The van der Waals surface area contributed by atoms with E-state index in [0.29, 0.717) is 17.2 Å². The van der Waals surface area contributed by atoms with Crippen LogP contribution in [0.1, 0.15) is 32.1 Å². The van der Waals surface area contributed by atoms with Crippen molar-refractivity contribution in [1.82, 2.24) is 10.2 Å². The fourth-order valence-electron chi connectivity index (χ4n) is 1.06. The second-order valence-electron chi connectivity index (χ2n) is 3.41. The van der Waals surface area contributed by atoms with Gasteiger partial charge in [-0.2, -0.15) is 0 Å². The molecule has 0 saturated heterocycles. The van der Waals surface area contributed by atoms with Crippen molar-refractivity contribution in [2.45, 2.75) is 44.4 Å². The van der Waals surface area contributed by atoms with Gasteiger partial charge in [0.15, 0.2) is 0 Å². The minimum absolute atomic E-state index is 0.311. The molecule has 1 aromatic rings. The normalized spacial score (nSPS) is 13.1. The lowest BCUT2D eigenvalue weighted by Crippen LogP contribution is -2.13. The van der Waals surface area contributed by atoms with E-state index in [4.69, 9.17) is 10.2 Å². The Labute approximate surface area is 88.7 Å². The smallest absolute Gasteiger partial charge is 0.276 e. The Morgan fingerprint density at radius 1 is 1.43 bits per heavy atom. The number of thioether (sulfide) groups is 1. The number of hydrogen-bond donors (Lipinski definition) is 1. The zero-order valence-corrected chi connectivity index (χ0v) is 9.51. The molecular weight excluding hydrogens is 198 g/mol. The van der Waals surface area contributed by atoms with Gasteiger partial charge in [-0.3, -0.25) is 0 Å². The molecule has 0 aromatic carbocycles. The van der Waals surface area contributed by atoms with E-state index in [1.807, 2.05) is 6.92 Å². The third kappa shape index (κ3) is 4.62. The molecule has 1 heterocycles. The van der Waals surface area contributed by atoms with E-state index >= 15 is 0 Å². The molecule has 0 radical (unpaired) electrons. The molecule has 4 nitrogen and oxygen atoms in total. The Balaban J connectivity index is 2.04. The lowest BCUT2D eigenvalue weighted by atomic mass is 10.2. The summed E-state index contributed by atoms with van der Waals surface area (Å²) in [5.74, 6) is 1.65. The first kappa shape index (κ1) is 11.5. The van der Waals surface area contributed by atoms with Gasteiger partial charge in [0.05, 0.1) is 0 Å². The molecule has 1 unspecified atom stereocenters. The van der Waals surface area contributed by atoms with Crippen LogP contribution in [0.5, 0.6) is 0 Å². The number of hydrogen-bond acceptors (Lipinski definition) is 5. The van der Waals surface area contributed by atoms with E-state index in [0.717, 1.165) is 25.0 Å². The van der Waals surface area contributed by atoms with Crippen LogP contribution in [0, 0.1) is 6.92 Å². The van der Waals surface area contributed by atoms with Crippen LogP contribution in [-0.4, -0.2) is 22.0 Å². The van der Waals surface area contributed by atoms with Gasteiger partial charge < -0.3 is 10.2 Å². The van der Waals surface area contributed by atoms with Crippen molar-refractivity contribution in [3.05, 3.63) is 5.89 Å². The molecule has 5 heteroatoms. The minimum Gasteiger partial charge on any atom is -0.416 e. The molecular formula is C9H17N3OS. The van der Waals surface area contributed by atoms with Gasteiger partial charge in [0, 0.05) is 18.7 Å². The molecule has 0 fully saturated rings. The first-order valence-corrected chi connectivity index (χ1v) is 5.85. The highest BCUT2D eigenvalue weighted by molar-refractivity contribution is 7.99. The van der Waals surface area contributed by atoms with Gasteiger partial charge >= 0.3 is 0 Å². The van der Waals surface area contributed by atoms with E-state index < -0.39 is 0 Å². The van der Waals surface area contributed by atoms with E-state index in [9.17, 15) is 0 Å². The Hall–Kier alpha value is -0.550. The Bertz CT molecular complexity index is 262. The van der Waals surface area contributed by atoms with Crippen molar-refractivity contribution in [2.75, 3.05) is 5.75 Å². The summed E-state index contributed by atoms with van der Waals surface area (Å²) in [6, 6.07) is 0.311. The van der Waals surface area contributed by atoms with Gasteiger partial charge in [-0.15, -0.1) is 10.2 Å². The first-order valence-electron chi connectivity index (χ1n) is 4.87. The van der Waals surface area contributed by atoms with E-state index in [-0.39, 0.29) is 0 Å². The maximum absolute atomic E-state index is 5.64. The number of aryl methyl sites for hydroxylation is 1. The number of aromatic nitrogens is 2. The van der Waals surface area contributed by atoms with Crippen LogP contribution in [-0.2, 0) is 0 Å². The molecule has 1 atom stereocenters. The topological polar surface area (TPSA) is 64.9 Å². The van der Waals surface area contributed by atoms with Crippen LogP contribution >= 0.6 is 11.8 Å². The number of nitrogens with zero attached hydrogens (tertiary/aromatic N) is 2. The molecule has 0 aliphatic rings. The predicted octanol–water partition coefficient (Wildman–Crippen LogP) is 1.99. The van der Waals surface area contributed by atoms with Crippen LogP contribution in [0.25, 0.3) is 0 Å². The van der Waals surface area contributed by atoms with Crippen molar-refractivity contribution in [3.63, 3.8) is 0 Å². The third-order valence-electron chi connectivity index (χ3n) is 1.79. The maximum Gasteiger partial charge on any atom is 0.276 e. The molecule has 0 spiro atoms. The quantitative estimate of drug-likeness (QED) is 0.580. The summed E-state index contributed by atoms with van der Waals surface area (Å²) in [7, 11) is 0. The SMILES string of the molecule is Cc1nnc(SCCCCC(C)N)o1. The lowest BCUT2D eigenvalue weighted by Gasteiger charge is -2.02. The van der Waals surface area contributed by atoms with Crippen molar-refractivity contribution in [1.29, 1.82) is 0 Å².